The zero-order valence-electron chi connectivity index (χ0n) is 21.4. The molecular formula is C27H28O13. The van der Waals surface area contributed by atoms with Crippen molar-refractivity contribution >= 4 is 30.1 Å². The predicted octanol–water partition coefficient (Wildman–Crippen LogP) is 1.34. The summed E-state index contributed by atoms with van der Waals surface area (Å²) >= 11 is 0. The number of hydrogen-bond donors (Lipinski definition) is 6. The molecule has 1 aliphatic carbocycles. The summed E-state index contributed by atoms with van der Waals surface area (Å²) < 4.78 is 20.7. The Morgan fingerprint density at radius 3 is 1.98 bits per heavy atom. The molecule has 1 aliphatic rings. The monoisotopic (exact) mass is 560 g/mol. The third-order valence-electron chi connectivity index (χ3n) is 6.07. The Hall–Kier alpha value is -4.75. The maximum Gasteiger partial charge on any atom is 0.335 e. The van der Waals surface area contributed by atoms with Crippen LogP contribution in [-0.4, -0.2) is 86.7 Å². The second kappa shape index (κ2) is 12.4. The van der Waals surface area contributed by atoms with Crippen LogP contribution in [0.3, 0.4) is 0 Å². The van der Waals surface area contributed by atoms with Crippen LogP contribution < -0.4 is 9.47 Å². The minimum Gasteiger partial charge on any atom is -0.504 e. The summed E-state index contributed by atoms with van der Waals surface area (Å²) in [6, 6.07) is 6.58. The molecule has 2 aromatic carbocycles. The second-order valence-electron chi connectivity index (χ2n) is 8.88. The lowest BCUT2D eigenvalue weighted by atomic mass is 9.79. The lowest BCUT2D eigenvalue weighted by Gasteiger charge is -2.40. The van der Waals surface area contributed by atoms with Crippen molar-refractivity contribution in [2.45, 2.75) is 36.8 Å². The number of phenols is 3. The minimum atomic E-state index is -2.46. The Morgan fingerprint density at radius 2 is 1.43 bits per heavy atom. The molecule has 0 saturated heterocycles. The van der Waals surface area contributed by atoms with Crippen LogP contribution in [0.5, 0.6) is 28.7 Å². The van der Waals surface area contributed by atoms with Gasteiger partial charge in [0, 0.05) is 25.0 Å². The molecule has 0 bridgehead atoms. The quantitative estimate of drug-likeness (QED) is 0.145. The average Bonchev–Trinajstić information content (AvgIpc) is 2.90. The number of carbonyl (C=O) groups is 3. The highest BCUT2D eigenvalue weighted by atomic mass is 16.6. The van der Waals surface area contributed by atoms with Crippen LogP contribution >= 0.6 is 0 Å². The fraction of sp³-hybridized carbons (Fsp3) is 0.296. The number of hydrogen-bond acceptors (Lipinski definition) is 12. The van der Waals surface area contributed by atoms with Crippen molar-refractivity contribution in [3.05, 3.63) is 53.6 Å². The van der Waals surface area contributed by atoms with Crippen molar-refractivity contribution in [3.8, 4) is 28.7 Å². The molecule has 13 nitrogen and oxygen atoms in total. The van der Waals surface area contributed by atoms with E-state index < -0.39 is 60.4 Å². The molecule has 0 spiro atoms. The van der Waals surface area contributed by atoms with E-state index in [0.717, 1.165) is 12.2 Å². The van der Waals surface area contributed by atoms with Gasteiger partial charge >= 0.3 is 17.9 Å². The van der Waals surface area contributed by atoms with Crippen LogP contribution in [0.2, 0.25) is 0 Å². The first-order valence-corrected chi connectivity index (χ1v) is 11.7. The van der Waals surface area contributed by atoms with E-state index in [1.807, 2.05) is 0 Å². The highest BCUT2D eigenvalue weighted by molar-refractivity contribution is 5.88. The summed E-state index contributed by atoms with van der Waals surface area (Å²) in [5.74, 6) is -4.58. The van der Waals surface area contributed by atoms with Gasteiger partial charge in [0.2, 0.25) is 5.75 Å². The van der Waals surface area contributed by atoms with Gasteiger partial charge in [-0.1, -0.05) is 6.07 Å². The van der Waals surface area contributed by atoms with E-state index in [-0.39, 0.29) is 23.0 Å². The van der Waals surface area contributed by atoms with E-state index in [9.17, 15) is 45.0 Å². The van der Waals surface area contributed by atoms with E-state index in [0.29, 0.717) is 11.1 Å². The zero-order valence-corrected chi connectivity index (χ0v) is 21.4. The third-order valence-corrected chi connectivity index (χ3v) is 6.07. The van der Waals surface area contributed by atoms with Crippen LogP contribution in [-0.2, 0) is 23.9 Å². The fourth-order valence-electron chi connectivity index (χ4n) is 4.02. The first-order valence-electron chi connectivity index (χ1n) is 11.7. The number of phenolic OH excluding ortho intramolecular Hbond substituents is 3. The summed E-state index contributed by atoms with van der Waals surface area (Å²) in [4.78, 5) is 36.7. The number of carbonyl (C=O) groups excluding carboxylic acids is 2. The summed E-state index contributed by atoms with van der Waals surface area (Å²) in [7, 11) is 2.65. The minimum absolute atomic E-state index is 0.0746. The molecule has 4 atom stereocenters. The van der Waals surface area contributed by atoms with Gasteiger partial charge in [0.25, 0.3) is 0 Å². The van der Waals surface area contributed by atoms with E-state index in [4.69, 9.17) is 18.9 Å². The summed E-state index contributed by atoms with van der Waals surface area (Å²) in [5, 5.41) is 59.5. The predicted molar refractivity (Wildman–Crippen MR) is 137 cm³/mol. The van der Waals surface area contributed by atoms with Crippen LogP contribution in [0.25, 0.3) is 12.2 Å². The highest BCUT2D eigenvalue weighted by Gasteiger charge is 2.52. The zero-order chi connectivity index (χ0) is 29.6. The molecule has 0 aliphatic heterocycles. The molecule has 40 heavy (non-hydrogen) atoms. The summed E-state index contributed by atoms with van der Waals surface area (Å²) in [6.07, 6.45) is -1.75. The van der Waals surface area contributed by atoms with Crippen molar-refractivity contribution in [3.63, 3.8) is 0 Å². The van der Waals surface area contributed by atoms with E-state index in [1.54, 1.807) is 0 Å². The number of esters is 2. The fourth-order valence-corrected chi connectivity index (χ4v) is 4.02. The summed E-state index contributed by atoms with van der Waals surface area (Å²) in [5.41, 5.74) is -1.77. The van der Waals surface area contributed by atoms with Gasteiger partial charge in [0.15, 0.2) is 34.7 Å². The molecule has 2 aromatic rings. The molecule has 1 saturated carbocycles. The molecule has 0 amide bonds. The standard InChI is InChI=1S/C27H28O13/c1-37-19-10-15(11-20(38-2)24(19)33)5-8-23(32)40-25-18(30)12-27(36,26(34)35)13-21(25)39-22(31)7-4-14-3-6-16(28)17(29)9-14/h3-11,18,21,25,28-30,33,36H,12-13H2,1-2H3,(H,34,35)/b7-4+,8-5+/t18-,21-,25+,27-/m1/s1. The second-order valence-corrected chi connectivity index (χ2v) is 8.88. The molecule has 6 N–H and O–H groups in total. The van der Waals surface area contributed by atoms with Crippen molar-refractivity contribution in [1.82, 2.24) is 0 Å². The van der Waals surface area contributed by atoms with Gasteiger partial charge in [0.05, 0.1) is 20.3 Å². The largest absolute Gasteiger partial charge is 0.504 e. The molecule has 0 aromatic heterocycles. The van der Waals surface area contributed by atoms with Gasteiger partial charge in [-0.05, 0) is 47.5 Å². The van der Waals surface area contributed by atoms with Crippen molar-refractivity contribution in [2.24, 2.45) is 0 Å². The SMILES string of the molecule is COc1cc(/C=C/C(=O)O[C@H]2[C@H](O)C[C@](O)(C(=O)O)C[C@H]2OC(=O)/C=C/c2ccc(O)c(O)c2)cc(OC)c1O. The van der Waals surface area contributed by atoms with E-state index >= 15 is 0 Å². The maximum atomic E-state index is 12.6. The van der Waals surface area contributed by atoms with Crippen molar-refractivity contribution in [2.75, 3.05) is 14.2 Å². The molecule has 0 unspecified atom stereocenters. The summed E-state index contributed by atoms with van der Waals surface area (Å²) in [6.45, 7) is 0. The number of methoxy groups -OCH3 is 2. The Morgan fingerprint density at radius 1 is 0.850 bits per heavy atom. The van der Waals surface area contributed by atoms with Crippen molar-refractivity contribution in [1.29, 1.82) is 0 Å². The van der Waals surface area contributed by atoms with Gasteiger partial charge in [-0.15, -0.1) is 0 Å². The Bertz CT molecular complexity index is 1310. The maximum absolute atomic E-state index is 12.6. The van der Waals surface area contributed by atoms with Gasteiger partial charge in [-0.25, -0.2) is 14.4 Å². The van der Waals surface area contributed by atoms with Crippen LogP contribution in [0.4, 0.5) is 0 Å². The van der Waals surface area contributed by atoms with E-state index in [2.05, 4.69) is 0 Å². The van der Waals surface area contributed by atoms with Gasteiger partial charge in [-0.3, -0.25) is 0 Å². The first-order chi connectivity index (χ1) is 18.9. The van der Waals surface area contributed by atoms with Gasteiger partial charge in [0.1, 0.15) is 6.10 Å². The molecule has 13 heteroatoms. The first kappa shape index (κ1) is 29.8. The lowest BCUT2D eigenvalue weighted by molar-refractivity contribution is -0.204. The number of aliphatic hydroxyl groups is 2. The number of aromatic hydroxyl groups is 3. The van der Waals surface area contributed by atoms with Crippen LogP contribution in [0, 0.1) is 0 Å². The molecule has 0 heterocycles. The topological polar surface area (TPSA) is 210 Å². The van der Waals surface area contributed by atoms with Gasteiger partial charge in [-0.2, -0.15) is 0 Å². The number of aliphatic hydroxyl groups excluding tert-OH is 1. The molecule has 214 valence electrons. The number of carboxylic acid groups (broad SMARTS) is 1. The Kier molecular flexibility index (Phi) is 9.24. The number of aliphatic carboxylic acids is 1. The normalized spacial score (nSPS) is 22.6. The van der Waals surface area contributed by atoms with Crippen molar-refractivity contribution < 1.29 is 64.0 Å². The Labute approximate surface area is 227 Å². The Balaban J connectivity index is 1.78. The average molecular weight is 561 g/mol. The molecule has 3 rings (SSSR count). The number of carboxylic acids is 1. The van der Waals surface area contributed by atoms with E-state index in [1.165, 1.54) is 56.7 Å². The number of rotatable bonds is 9. The van der Waals surface area contributed by atoms with Crippen LogP contribution in [0.1, 0.15) is 24.0 Å². The lowest BCUT2D eigenvalue weighted by Crippen LogP contribution is -2.58. The molecular weight excluding hydrogens is 532 g/mol. The number of benzene rings is 2. The highest BCUT2D eigenvalue weighted by Crippen LogP contribution is 2.37. The third kappa shape index (κ3) is 7.01. The number of ether oxygens (including phenoxy) is 4. The smallest absolute Gasteiger partial charge is 0.335 e. The molecule has 1 fully saturated rings. The molecule has 0 radical (unpaired) electrons. The van der Waals surface area contributed by atoms with Crippen LogP contribution in [0.15, 0.2) is 42.5 Å². The van der Waals surface area contributed by atoms with Gasteiger partial charge < -0.3 is 49.6 Å².